The summed E-state index contributed by atoms with van der Waals surface area (Å²) in [5.74, 6) is 0.323. The first-order valence-corrected chi connectivity index (χ1v) is 8.88. The first kappa shape index (κ1) is 20.2. The van der Waals surface area contributed by atoms with Crippen LogP contribution in [-0.4, -0.2) is 23.9 Å². The maximum absolute atomic E-state index is 12.5. The van der Waals surface area contributed by atoms with E-state index in [0.29, 0.717) is 11.5 Å². The third-order valence-electron chi connectivity index (χ3n) is 4.12. The Hall–Kier alpha value is -1.84. The average Bonchev–Trinajstić information content (AvgIpc) is 2.50. The quantitative estimate of drug-likeness (QED) is 0.763. The van der Waals surface area contributed by atoms with E-state index in [-0.39, 0.29) is 23.8 Å². The topological polar surface area (TPSA) is 58.2 Å². The van der Waals surface area contributed by atoms with Crippen LogP contribution in [0.2, 0.25) is 0 Å². The molecular weight excluding hydrogens is 300 g/mol. The third-order valence-corrected chi connectivity index (χ3v) is 4.12. The van der Waals surface area contributed by atoms with Gasteiger partial charge in [-0.2, -0.15) is 0 Å². The molecule has 2 atom stereocenters. The zero-order chi connectivity index (χ0) is 18.3. The Morgan fingerprint density at radius 3 is 2.00 bits per heavy atom. The molecule has 2 N–H and O–H groups in total. The van der Waals surface area contributed by atoms with Crippen LogP contribution in [0.15, 0.2) is 24.3 Å². The van der Waals surface area contributed by atoms with Gasteiger partial charge >= 0.3 is 0 Å². The normalized spacial score (nSPS) is 13.7. The van der Waals surface area contributed by atoms with E-state index in [1.165, 1.54) is 0 Å². The highest BCUT2D eigenvalue weighted by molar-refractivity contribution is 5.97. The van der Waals surface area contributed by atoms with Gasteiger partial charge in [0.1, 0.15) is 6.04 Å². The number of hydrogen-bond donors (Lipinski definition) is 2. The van der Waals surface area contributed by atoms with Gasteiger partial charge in [0.2, 0.25) is 5.91 Å². The number of carbonyl (C=O) groups is 2. The van der Waals surface area contributed by atoms with Gasteiger partial charge in [-0.25, -0.2) is 0 Å². The van der Waals surface area contributed by atoms with Crippen molar-refractivity contribution < 1.29 is 9.59 Å². The Bertz CT molecular complexity index is 535. The highest BCUT2D eigenvalue weighted by Crippen LogP contribution is 2.09. The summed E-state index contributed by atoms with van der Waals surface area (Å²) >= 11 is 0. The zero-order valence-corrected chi connectivity index (χ0v) is 15.8. The number of carbonyl (C=O) groups excluding carboxylic acids is 2. The summed E-state index contributed by atoms with van der Waals surface area (Å²) in [6, 6.07) is 6.94. The molecule has 0 saturated heterocycles. The molecule has 0 saturated carbocycles. The van der Waals surface area contributed by atoms with Crippen molar-refractivity contribution in [3.63, 3.8) is 0 Å². The number of amides is 2. The van der Waals surface area contributed by atoms with E-state index >= 15 is 0 Å². The van der Waals surface area contributed by atoms with Crippen molar-refractivity contribution in [2.75, 3.05) is 0 Å². The molecule has 134 valence electrons. The second-order valence-corrected chi connectivity index (χ2v) is 7.44. The molecule has 0 aliphatic heterocycles. The lowest BCUT2D eigenvalue weighted by molar-refractivity contribution is -0.124. The van der Waals surface area contributed by atoms with Crippen LogP contribution in [0.25, 0.3) is 0 Å². The van der Waals surface area contributed by atoms with Crippen LogP contribution in [0.5, 0.6) is 0 Å². The molecule has 0 bridgehead atoms. The van der Waals surface area contributed by atoms with Gasteiger partial charge in [0.15, 0.2) is 0 Å². The van der Waals surface area contributed by atoms with Gasteiger partial charge in [0, 0.05) is 11.6 Å². The van der Waals surface area contributed by atoms with E-state index < -0.39 is 6.04 Å². The monoisotopic (exact) mass is 332 g/mol. The van der Waals surface area contributed by atoms with Crippen LogP contribution in [0.4, 0.5) is 0 Å². The van der Waals surface area contributed by atoms with Crippen LogP contribution in [0, 0.1) is 18.8 Å². The van der Waals surface area contributed by atoms with Gasteiger partial charge in [-0.05, 0) is 50.7 Å². The summed E-state index contributed by atoms with van der Waals surface area (Å²) in [5, 5.41) is 5.90. The Kier molecular flexibility index (Phi) is 7.96. The van der Waals surface area contributed by atoms with Crippen LogP contribution in [-0.2, 0) is 4.79 Å². The van der Waals surface area contributed by atoms with Gasteiger partial charge in [-0.3, -0.25) is 9.59 Å². The maximum atomic E-state index is 12.5. The number of aryl methyl sites for hydroxylation is 1. The van der Waals surface area contributed by atoms with Crippen LogP contribution in [0.1, 0.15) is 63.4 Å². The third kappa shape index (κ3) is 6.73. The average molecular weight is 332 g/mol. The minimum Gasteiger partial charge on any atom is -0.352 e. The van der Waals surface area contributed by atoms with Gasteiger partial charge in [-0.15, -0.1) is 0 Å². The zero-order valence-electron chi connectivity index (χ0n) is 15.8. The number of nitrogens with one attached hydrogen (secondary N) is 2. The number of hydrogen-bond acceptors (Lipinski definition) is 2. The van der Waals surface area contributed by atoms with Crippen LogP contribution in [0.3, 0.4) is 0 Å². The van der Waals surface area contributed by atoms with E-state index in [0.717, 1.165) is 18.4 Å². The summed E-state index contributed by atoms with van der Waals surface area (Å²) in [7, 11) is 0. The molecule has 4 nitrogen and oxygen atoms in total. The van der Waals surface area contributed by atoms with E-state index in [1.54, 1.807) is 12.1 Å². The second-order valence-electron chi connectivity index (χ2n) is 7.44. The summed E-state index contributed by atoms with van der Waals surface area (Å²) in [4.78, 5) is 24.9. The van der Waals surface area contributed by atoms with E-state index in [9.17, 15) is 9.59 Å². The molecule has 1 aromatic rings. The molecule has 0 aliphatic rings. The molecule has 2 amide bonds. The first-order chi connectivity index (χ1) is 11.2. The van der Waals surface area contributed by atoms with Crippen molar-refractivity contribution in [1.29, 1.82) is 0 Å². The molecule has 1 unspecified atom stereocenters. The number of benzene rings is 1. The summed E-state index contributed by atoms with van der Waals surface area (Å²) in [5.41, 5.74) is 1.68. The number of rotatable bonds is 8. The van der Waals surface area contributed by atoms with Crippen molar-refractivity contribution in [3.05, 3.63) is 35.4 Å². The minimum absolute atomic E-state index is 0.0247. The van der Waals surface area contributed by atoms with E-state index in [1.807, 2.05) is 39.8 Å². The molecule has 1 rings (SSSR count). The second kappa shape index (κ2) is 9.45. The van der Waals surface area contributed by atoms with Gasteiger partial charge in [-0.1, -0.05) is 45.4 Å². The summed E-state index contributed by atoms with van der Waals surface area (Å²) < 4.78 is 0. The van der Waals surface area contributed by atoms with Crippen LogP contribution >= 0.6 is 0 Å². The first-order valence-electron chi connectivity index (χ1n) is 8.88. The molecule has 24 heavy (non-hydrogen) atoms. The molecule has 1 aromatic carbocycles. The van der Waals surface area contributed by atoms with Crippen molar-refractivity contribution in [1.82, 2.24) is 10.6 Å². The van der Waals surface area contributed by atoms with Gasteiger partial charge in [0.25, 0.3) is 5.91 Å². The lowest BCUT2D eigenvalue weighted by Crippen LogP contribution is -2.51. The predicted molar refractivity (Wildman–Crippen MR) is 98.9 cm³/mol. The highest BCUT2D eigenvalue weighted by atomic mass is 16.2. The van der Waals surface area contributed by atoms with Crippen molar-refractivity contribution in [3.8, 4) is 0 Å². The van der Waals surface area contributed by atoms with Crippen molar-refractivity contribution in [2.45, 2.75) is 66.5 Å². The standard InChI is InChI=1S/C20H32N2O2/c1-13(2)7-10-16(6)21-20(24)18(14(3)4)22-19(23)17-11-8-15(5)9-12-17/h8-9,11-14,16,18H,7,10H2,1-6H3,(H,21,24)(H,22,23)/t16?,18-/m0/s1. The Labute approximate surface area is 146 Å². The molecule has 0 radical (unpaired) electrons. The Morgan fingerprint density at radius 2 is 1.50 bits per heavy atom. The fourth-order valence-electron chi connectivity index (χ4n) is 2.45. The largest absolute Gasteiger partial charge is 0.352 e. The molecule has 0 aromatic heterocycles. The van der Waals surface area contributed by atoms with Crippen molar-refractivity contribution in [2.24, 2.45) is 11.8 Å². The Morgan fingerprint density at radius 1 is 0.917 bits per heavy atom. The maximum Gasteiger partial charge on any atom is 0.251 e. The smallest absolute Gasteiger partial charge is 0.251 e. The lowest BCUT2D eigenvalue weighted by atomic mass is 10.0. The van der Waals surface area contributed by atoms with Crippen LogP contribution < -0.4 is 10.6 Å². The lowest BCUT2D eigenvalue weighted by Gasteiger charge is -2.24. The molecule has 0 aliphatic carbocycles. The Balaban J connectivity index is 2.67. The summed E-state index contributed by atoms with van der Waals surface area (Å²) in [6.45, 7) is 12.2. The van der Waals surface area contributed by atoms with E-state index in [2.05, 4.69) is 24.5 Å². The molecule has 0 spiro atoms. The van der Waals surface area contributed by atoms with Gasteiger partial charge in [0.05, 0.1) is 0 Å². The minimum atomic E-state index is -0.527. The fourth-order valence-corrected chi connectivity index (χ4v) is 2.45. The SMILES string of the molecule is Cc1ccc(C(=O)N[C@H](C(=O)NC(C)CCC(C)C)C(C)C)cc1. The fraction of sp³-hybridized carbons (Fsp3) is 0.600. The molecular formula is C20H32N2O2. The summed E-state index contributed by atoms with van der Waals surface area (Å²) in [6.07, 6.45) is 2.02. The van der Waals surface area contributed by atoms with Gasteiger partial charge < -0.3 is 10.6 Å². The molecule has 4 heteroatoms. The highest BCUT2D eigenvalue weighted by Gasteiger charge is 2.25. The predicted octanol–water partition coefficient (Wildman–Crippen LogP) is 3.69. The van der Waals surface area contributed by atoms with Crippen molar-refractivity contribution >= 4 is 11.8 Å². The van der Waals surface area contributed by atoms with E-state index in [4.69, 9.17) is 0 Å². The molecule has 0 heterocycles. The molecule has 0 fully saturated rings.